The number of carbonyl (C=O) groups is 1. The number of nitrogens with two attached hydrogens (primary N) is 2. The Morgan fingerprint density at radius 2 is 1.94 bits per heavy atom. The molecule has 0 spiro atoms. The van der Waals surface area contributed by atoms with Crippen molar-refractivity contribution in [3.8, 4) is 11.3 Å². The van der Waals surface area contributed by atoms with E-state index >= 15 is 0 Å². The fourth-order valence-electron chi connectivity index (χ4n) is 3.96. The number of thiophene rings is 1. The lowest BCUT2D eigenvalue weighted by Crippen LogP contribution is -2.43. The van der Waals surface area contributed by atoms with Crippen LogP contribution in [0.15, 0.2) is 18.2 Å². The molecule has 3 aromatic rings. The minimum Gasteiger partial charge on any atom is -0.397 e. The predicted molar refractivity (Wildman–Crippen MR) is 129 cm³/mol. The van der Waals surface area contributed by atoms with Gasteiger partial charge in [0.2, 0.25) is 5.95 Å². The van der Waals surface area contributed by atoms with Gasteiger partial charge in [-0.3, -0.25) is 4.79 Å². The Morgan fingerprint density at radius 3 is 2.58 bits per heavy atom. The predicted octanol–water partition coefficient (Wildman–Crippen LogP) is 4.63. The number of hydrogen-bond acceptors (Lipinski definition) is 7. The number of benzene rings is 1. The molecule has 0 saturated carbocycles. The van der Waals surface area contributed by atoms with Crippen LogP contribution in [0.4, 0.5) is 11.6 Å². The van der Waals surface area contributed by atoms with E-state index in [9.17, 15) is 4.79 Å². The molecule has 1 fully saturated rings. The number of halogens is 2. The zero-order chi connectivity index (χ0) is 22.3. The summed E-state index contributed by atoms with van der Waals surface area (Å²) < 4.78 is 0. The molecule has 0 atom stereocenters. The highest BCUT2D eigenvalue weighted by Crippen LogP contribution is 2.40. The number of nitrogen functional groups attached to an aromatic ring is 1. The summed E-state index contributed by atoms with van der Waals surface area (Å²) in [6, 6.07) is 5.25. The second-order valence-corrected chi connectivity index (χ2v) is 10.2. The lowest BCUT2D eigenvalue weighted by Gasteiger charge is -2.31. The van der Waals surface area contributed by atoms with Crippen LogP contribution in [-0.2, 0) is 0 Å². The van der Waals surface area contributed by atoms with E-state index in [1.54, 1.807) is 12.1 Å². The number of rotatable bonds is 6. The van der Waals surface area contributed by atoms with E-state index in [4.69, 9.17) is 39.7 Å². The summed E-state index contributed by atoms with van der Waals surface area (Å²) in [6.45, 7) is 7.31. The molecule has 7 nitrogen and oxygen atoms in total. The van der Waals surface area contributed by atoms with Crippen LogP contribution in [0, 0.1) is 0 Å². The Kier molecular flexibility index (Phi) is 6.00. The van der Waals surface area contributed by atoms with Gasteiger partial charge in [-0.1, -0.05) is 29.3 Å². The summed E-state index contributed by atoms with van der Waals surface area (Å²) in [7, 11) is 0. The third-order valence-electron chi connectivity index (χ3n) is 5.27. The van der Waals surface area contributed by atoms with E-state index in [0.717, 1.165) is 36.5 Å². The van der Waals surface area contributed by atoms with Crippen molar-refractivity contribution in [1.29, 1.82) is 0 Å². The van der Waals surface area contributed by atoms with E-state index in [2.05, 4.69) is 29.0 Å². The Hall–Kier alpha value is -2.13. The molecule has 0 radical (unpaired) electrons. The highest BCUT2D eigenvalue weighted by molar-refractivity contribution is 7.21. The first-order valence-electron chi connectivity index (χ1n) is 10.0. The van der Waals surface area contributed by atoms with Crippen LogP contribution in [0.5, 0.6) is 0 Å². The summed E-state index contributed by atoms with van der Waals surface area (Å²) in [5.41, 5.74) is 13.1. The summed E-state index contributed by atoms with van der Waals surface area (Å²) in [6.07, 6.45) is 2.45. The van der Waals surface area contributed by atoms with Gasteiger partial charge in [-0.15, -0.1) is 11.3 Å². The minimum atomic E-state index is -0.593. The molecular formula is C21H24Cl2N6OS. The third kappa shape index (κ3) is 4.57. The molecule has 2 aromatic heterocycles. The van der Waals surface area contributed by atoms with E-state index < -0.39 is 5.91 Å². The number of nitrogens with one attached hydrogen (secondary N) is 1. The molecule has 5 N–H and O–H groups in total. The molecule has 164 valence electrons. The van der Waals surface area contributed by atoms with E-state index in [-0.39, 0.29) is 16.1 Å². The highest BCUT2D eigenvalue weighted by atomic mass is 35.5. The molecule has 0 bridgehead atoms. The van der Waals surface area contributed by atoms with Crippen molar-refractivity contribution in [2.75, 3.05) is 30.7 Å². The molecule has 10 heteroatoms. The van der Waals surface area contributed by atoms with Crippen LogP contribution >= 0.6 is 34.5 Å². The first-order valence-corrected chi connectivity index (χ1v) is 11.6. The normalized spacial score (nSPS) is 15.0. The van der Waals surface area contributed by atoms with Crippen molar-refractivity contribution < 1.29 is 4.79 Å². The molecule has 1 aliphatic rings. The first-order chi connectivity index (χ1) is 14.6. The maximum absolute atomic E-state index is 11.9. The molecule has 1 aliphatic heterocycles. The lowest BCUT2D eigenvalue weighted by atomic mass is 10.1. The smallest absolute Gasteiger partial charge is 0.260 e. The molecule has 31 heavy (non-hydrogen) atoms. The number of aromatic nitrogens is 2. The Bertz CT molecular complexity index is 1160. The number of amides is 1. The van der Waals surface area contributed by atoms with Gasteiger partial charge in [0.1, 0.15) is 9.71 Å². The van der Waals surface area contributed by atoms with Gasteiger partial charge in [-0.2, -0.15) is 0 Å². The lowest BCUT2D eigenvalue weighted by molar-refractivity contribution is 0.100. The number of fused-ring (bicyclic) bond motifs is 1. The maximum Gasteiger partial charge on any atom is 0.260 e. The zero-order valence-electron chi connectivity index (χ0n) is 17.3. The quantitative estimate of drug-likeness (QED) is 0.476. The van der Waals surface area contributed by atoms with Crippen molar-refractivity contribution in [2.45, 2.75) is 32.2 Å². The molecule has 0 unspecified atom stereocenters. The van der Waals surface area contributed by atoms with Gasteiger partial charge in [0.05, 0.1) is 26.8 Å². The van der Waals surface area contributed by atoms with E-state index in [1.807, 2.05) is 6.07 Å². The summed E-state index contributed by atoms with van der Waals surface area (Å²) in [5.74, 6) is -0.139. The van der Waals surface area contributed by atoms with E-state index in [1.165, 1.54) is 12.8 Å². The van der Waals surface area contributed by atoms with Gasteiger partial charge in [0.15, 0.2) is 0 Å². The van der Waals surface area contributed by atoms with Gasteiger partial charge in [-0.25, -0.2) is 9.97 Å². The standard InChI is InChI=1S/C21H24Cl2N6OS/c1-21(2,10-29-7-3-4-8-29)28-20-26-16(11-5-6-12(22)13(23)9-11)14-15(24)17(18(25)30)31-19(14)27-20/h5-6,9H,3-4,7-8,10,24H2,1-2H3,(H2,25,30)(H,26,27,28). The largest absolute Gasteiger partial charge is 0.397 e. The van der Waals surface area contributed by atoms with Gasteiger partial charge in [0, 0.05) is 17.6 Å². The third-order valence-corrected chi connectivity index (χ3v) is 7.13. The zero-order valence-corrected chi connectivity index (χ0v) is 19.7. The fraction of sp³-hybridized carbons (Fsp3) is 0.381. The average molecular weight is 479 g/mol. The van der Waals surface area contributed by atoms with Crippen LogP contribution in [0.1, 0.15) is 36.4 Å². The Balaban J connectivity index is 1.81. The number of primary amides is 1. The Labute approximate surface area is 194 Å². The van der Waals surface area contributed by atoms with Crippen LogP contribution in [0.3, 0.4) is 0 Å². The van der Waals surface area contributed by atoms with Crippen LogP contribution in [0.2, 0.25) is 10.0 Å². The molecule has 4 rings (SSSR count). The number of carbonyl (C=O) groups excluding carboxylic acids is 1. The highest BCUT2D eigenvalue weighted by Gasteiger charge is 2.26. The van der Waals surface area contributed by atoms with Crippen molar-refractivity contribution in [1.82, 2.24) is 14.9 Å². The molecular weight excluding hydrogens is 455 g/mol. The van der Waals surface area contributed by atoms with Crippen molar-refractivity contribution in [2.24, 2.45) is 5.73 Å². The second-order valence-electron chi connectivity index (χ2n) is 8.41. The van der Waals surface area contributed by atoms with Crippen LogP contribution < -0.4 is 16.8 Å². The van der Waals surface area contributed by atoms with Gasteiger partial charge in [-0.05, 0) is 51.9 Å². The summed E-state index contributed by atoms with van der Waals surface area (Å²) >= 11 is 13.5. The topological polar surface area (TPSA) is 110 Å². The summed E-state index contributed by atoms with van der Waals surface area (Å²) in [4.78, 5) is 24.6. The molecule has 3 heterocycles. The monoisotopic (exact) mass is 478 g/mol. The van der Waals surface area contributed by atoms with Crippen molar-refractivity contribution >= 4 is 62.3 Å². The molecule has 1 aromatic carbocycles. The van der Waals surface area contributed by atoms with Gasteiger partial charge in [0.25, 0.3) is 5.91 Å². The average Bonchev–Trinajstić information content (AvgIpc) is 3.30. The summed E-state index contributed by atoms with van der Waals surface area (Å²) in [5, 5.41) is 4.88. The number of nitrogens with zero attached hydrogens (tertiary/aromatic N) is 3. The minimum absolute atomic E-state index is 0.262. The van der Waals surface area contributed by atoms with Crippen LogP contribution in [0.25, 0.3) is 21.5 Å². The number of likely N-dealkylation sites (tertiary alicyclic amines) is 1. The first kappa shape index (κ1) is 22.1. The number of anilines is 2. The van der Waals surface area contributed by atoms with Crippen molar-refractivity contribution in [3.05, 3.63) is 33.1 Å². The SMILES string of the molecule is CC(C)(CN1CCCC1)Nc1nc(-c2ccc(Cl)c(Cl)c2)c2c(N)c(C(N)=O)sc2n1. The number of hydrogen-bond donors (Lipinski definition) is 3. The van der Waals surface area contributed by atoms with Gasteiger partial charge >= 0.3 is 0 Å². The van der Waals surface area contributed by atoms with Gasteiger partial charge < -0.3 is 21.7 Å². The fourth-order valence-corrected chi connectivity index (χ4v) is 5.20. The van der Waals surface area contributed by atoms with E-state index in [0.29, 0.717) is 31.9 Å². The molecule has 0 aliphatic carbocycles. The maximum atomic E-state index is 11.9. The Morgan fingerprint density at radius 1 is 1.23 bits per heavy atom. The van der Waals surface area contributed by atoms with Crippen molar-refractivity contribution in [3.63, 3.8) is 0 Å². The second kappa shape index (κ2) is 8.43. The van der Waals surface area contributed by atoms with Crippen LogP contribution in [-0.4, -0.2) is 45.9 Å². The molecule has 1 saturated heterocycles. The molecule has 1 amide bonds.